The van der Waals surface area contributed by atoms with Crippen molar-refractivity contribution < 1.29 is 0 Å². The maximum Gasteiger partial charge on any atom is 0.135 e. The summed E-state index contributed by atoms with van der Waals surface area (Å²) in [6.45, 7) is 26.7. The van der Waals surface area contributed by atoms with Crippen LogP contribution < -0.4 is 11.1 Å². The standard InChI is InChI=1S/C17H20N2.C15H18Cl2.C2H6/c1-11-5-8-17(13(3)9-11)19-14(4)16-10-15(18)7-6-12(16)2;1-9(2)13-14(5,15(13,16)17)12-7-10(3)6-11(4)8-12;1-2/h5-10,19H,4,18H2,1-3H3;6-8,13H,1H2,2-5H3;1-2H3/t;13?,14-;/m.0./s1. The number of nitrogens with one attached hydrogen (secondary N) is 1. The van der Waals surface area contributed by atoms with Gasteiger partial charge in [0.2, 0.25) is 0 Å². The molecule has 3 aromatic rings. The first-order valence-corrected chi connectivity index (χ1v) is 14.0. The van der Waals surface area contributed by atoms with E-state index >= 15 is 0 Å². The van der Waals surface area contributed by atoms with Crippen LogP contribution in [0.1, 0.15) is 66.6 Å². The van der Waals surface area contributed by atoms with Gasteiger partial charge in [0.25, 0.3) is 0 Å². The zero-order valence-electron chi connectivity index (χ0n) is 24.5. The van der Waals surface area contributed by atoms with Gasteiger partial charge in [-0.3, -0.25) is 0 Å². The van der Waals surface area contributed by atoms with Crippen LogP contribution in [0, 0.1) is 40.5 Å². The van der Waals surface area contributed by atoms with Crippen LogP contribution >= 0.6 is 23.2 Å². The highest BCUT2D eigenvalue weighted by Gasteiger charge is 2.73. The number of anilines is 2. The van der Waals surface area contributed by atoms with E-state index in [2.05, 4.69) is 96.4 Å². The Morgan fingerprint density at radius 2 is 1.39 bits per heavy atom. The van der Waals surface area contributed by atoms with Crippen molar-refractivity contribution >= 4 is 40.3 Å². The third-order valence-electron chi connectivity index (χ3n) is 7.12. The van der Waals surface area contributed by atoms with E-state index in [9.17, 15) is 0 Å². The minimum atomic E-state index is -0.723. The average molecular weight is 552 g/mol. The molecule has 0 saturated heterocycles. The smallest absolute Gasteiger partial charge is 0.135 e. The van der Waals surface area contributed by atoms with Gasteiger partial charge in [-0.1, -0.05) is 116 Å². The summed E-state index contributed by atoms with van der Waals surface area (Å²) >= 11 is 12.9. The number of rotatable bonds is 5. The van der Waals surface area contributed by atoms with Crippen LogP contribution in [-0.4, -0.2) is 4.33 Å². The van der Waals surface area contributed by atoms with Gasteiger partial charge in [0, 0.05) is 34.0 Å². The lowest BCUT2D eigenvalue weighted by molar-refractivity contribution is 0.713. The Labute approximate surface area is 241 Å². The van der Waals surface area contributed by atoms with Gasteiger partial charge in [-0.15, -0.1) is 0 Å². The molecule has 0 radical (unpaired) electrons. The maximum absolute atomic E-state index is 6.45. The van der Waals surface area contributed by atoms with Crippen LogP contribution in [0.15, 0.2) is 73.3 Å². The fourth-order valence-corrected chi connectivity index (χ4v) is 6.25. The van der Waals surface area contributed by atoms with Gasteiger partial charge < -0.3 is 11.1 Å². The molecule has 3 aromatic carbocycles. The average Bonchev–Trinajstić information content (AvgIpc) is 3.31. The largest absolute Gasteiger partial charge is 0.399 e. The van der Waals surface area contributed by atoms with E-state index in [-0.39, 0.29) is 11.3 Å². The highest BCUT2D eigenvalue weighted by Crippen LogP contribution is 2.71. The first kappa shape index (κ1) is 31.5. The number of halogens is 2. The fourth-order valence-electron chi connectivity index (χ4n) is 5.12. The van der Waals surface area contributed by atoms with E-state index in [0.717, 1.165) is 33.8 Å². The summed E-state index contributed by atoms with van der Waals surface area (Å²) in [5, 5.41) is 3.37. The van der Waals surface area contributed by atoms with Gasteiger partial charge in [0.05, 0.1) is 0 Å². The van der Waals surface area contributed by atoms with Gasteiger partial charge >= 0.3 is 0 Å². The van der Waals surface area contributed by atoms with Crippen LogP contribution in [-0.2, 0) is 5.41 Å². The predicted molar refractivity (Wildman–Crippen MR) is 172 cm³/mol. The second-order valence-electron chi connectivity index (χ2n) is 10.5. The first-order valence-electron chi connectivity index (χ1n) is 13.2. The Balaban J connectivity index is 0.000000252. The molecule has 1 fully saturated rings. The van der Waals surface area contributed by atoms with Crippen molar-refractivity contribution in [3.05, 3.63) is 112 Å². The molecule has 204 valence electrons. The van der Waals surface area contributed by atoms with Crippen molar-refractivity contribution in [3.8, 4) is 0 Å². The lowest BCUT2D eigenvalue weighted by Crippen LogP contribution is -2.11. The number of aryl methyl sites for hydroxylation is 5. The molecule has 1 aliphatic carbocycles. The molecular formula is C34H44Cl2N2. The fraction of sp³-hybridized carbons (Fsp3) is 0.353. The highest BCUT2D eigenvalue weighted by atomic mass is 35.5. The Hall–Kier alpha value is -2.68. The molecule has 38 heavy (non-hydrogen) atoms. The predicted octanol–water partition coefficient (Wildman–Crippen LogP) is 10.2. The topological polar surface area (TPSA) is 38.0 Å². The van der Waals surface area contributed by atoms with Crippen molar-refractivity contribution in [2.24, 2.45) is 5.92 Å². The third-order valence-corrected chi connectivity index (χ3v) is 8.34. The number of allylic oxidation sites excluding steroid dienone is 1. The Bertz CT molecular complexity index is 1300. The Morgan fingerprint density at radius 1 is 0.816 bits per heavy atom. The minimum Gasteiger partial charge on any atom is -0.399 e. The molecule has 1 unspecified atom stereocenters. The number of hydrogen-bond acceptors (Lipinski definition) is 2. The molecule has 1 saturated carbocycles. The van der Waals surface area contributed by atoms with E-state index < -0.39 is 4.33 Å². The molecule has 3 N–H and O–H groups in total. The zero-order chi connectivity index (χ0) is 29.0. The van der Waals surface area contributed by atoms with Crippen molar-refractivity contribution in [3.63, 3.8) is 0 Å². The summed E-state index contributed by atoms with van der Waals surface area (Å²) in [5.74, 6) is 0.138. The van der Waals surface area contributed by atoms with Gasteiger partial charge in [0.15, 0.2) is 0 Å². The van der Waals surface area contributed by atoms with Crippen LogP contribution in [0.5, 0.6) is 0 Å². The van der Waals surface area contributed by atoms with Crippen LogP contribution in [0.4, 0.5) is 11.4 Å². The lowest BCUT2D eigenvalue weighted by Gasteiger charge is -2.15. The molecule has 0 heterocycles. The second-order valence-corrected chi connectivity index (χ2v) is 11.9. The number of benzene rings is 3. The second kappa shape index (κ2) is 12.5. The molecule has 1 aliphatic rings. The zero-order valence-corrected chi connectivity index (χ0v) is 26.0. The molecule has 0 bridgehead atoms. The van der Waals surface area contributed by atoms with E-state index in [1.165, 1.54) is 27.8 Å². The van der Waals surface area contributed by atoms with Crippen molar-refractivity contribution in [1.29, 1.82) is 0 Å². The molecular weight excluding hydrogens is 507 g/mol. The first-order chi connectivity index (χ1) is 17.7. The quantitative estimate of drug-likeness (QED) is 0.188. The van der Waals surface area contributed by atoms with Gasteiger partial charge in [0.1, 0.15) is 4.33 Å². The summed E-state index contributed by atoms with van der Waals surface area (Å²) in [4.78, 5) is 0. The number of nitrogen functional groups attached to an aromatic ring is 1. The van der Waals surface area contributed by atoms with Crippen molar-refractivity contribution in [1.82, 2.24) is 0 Å². The summed E-state index contributed by atoms with van der Waals surface area (Å²) in [6.07, 6.45) is 0. The van der Waals surface area contributed by atoms with Crippen molar-refractivity contribution in [2.45, 2.75) is 72.1 Å². The molecule has 0 aliphatic heterocycles. The molecule has 0 amide bonds. The van der Waals surface area contributed by atoms with Crippen LogP contribution in [0.3, 0.4) is 0 Å². The van der Waals surface area contributed by atoms with E-state index in [1.807, 2.05) is 39.0 Å². The number of hydrogen-bond donors (Lipinski definition) is 2. The highest BCUT2D eigenvalue weighted by molar-refractivity contribution is 6.52. The molecule has 4 heteroatoms. The minimum absolute atomic E-state index is 0.138. The summed E-state index contributed by atoms with van der Waals surface area (Å²) in [7, 11) is 0. The monoisotopic (exact) mass is 550 g/mol. The summed E-state index contributed by atoms with van der Waals surface area (Å²) < 4.78 is -0.723. The summed E-state index contributed by atoms with van der Waals surface area (Å²) in [6, 6.07) is 18.7. The number of nitrogens with two attached hydrogens (primary N) is 1. The molecule has 4 rings (SSSR count). The normalized spacial score (nSPS) is 18.8. The van der Waals surface area contributed by atoms with Crippen LogP contribution in [0.25, 0.3) is 5.70 Å². The maximum atomic E-state index is 6.45. The molecule has 2 nitrogen and oxygen atoms in total. The lowest BCUT2D eigenvalue weighted by atomic mass is 9.91. The van der Waals surface area contributed by atoms with Gasteiger partial charge in [-0.05, 0) is 76.4 Å². The van der Waals surface area contributed by atoms with E-state index in [1.54, 1.807) is 0 Å². The Morgan fingerprint density at radius 3 is 1.89 bits per heavy atom. The third kappa shape index (κ3) is 6.65. The molecule has 0 spiro atoms. The van der Waals surface area contributed by atoms with Crippen LogP contribution in [0.2, 0.25) is 0 Å². The Kier molecular flexibility index (Phi) is 10.3. The molecule has 2 atom stereocenters. The van der Waals surface area contributed by atoms with E-state index in [4.69, 9.17) is 28.9 Å². The SMILES string of the molecule is C=C(C)C1C(Cl)(Cl)[C@@]1(C)c1cc(C)cc(C)c1.C=C(Nc1ccc(C)cc1C)c1cc(N)ccc1C.CC. The van der Waals surface area contributed by atoms with E-state index in [0.29, 0.717) is 0 Å². The van der Waals surface area contributed by atoms with Crippen molar-refractivity contribution in [2.75, 3.05) is 11.1 Å². The summed E-state index contributed by atoms with van der Waals surface area (Å²) in [5.41, 5.74) is 17.8. The number of alkyl halides is 2. The molecule has 0 aromatic heterocycles. The van der Waals surface area contributed by atoms with Gasteiger partial charge in [-0.2, -0.15) is 0 Å². The van der Waals surface area contributed by atoms with Gasteiger partial charge in [-0.25, -0.2) is 0 Å².